The highest BCUT2D eigenvalue weighted by molar-refractivity contribution is 6.36. The van der Waals surface area contributed by atoms with E-state index in [1.165, 1.54) is 0 Å². The monoisotopic (exact) mass is 260 g/mol. The second-order valence-electron chi connectivity index (χ2n) is 3.55. The Morgan fingerprint density at radius 1 is 1.38 bits per heavy atom. The van der Waals surface area contributed by atoms with Gasteiger partial charge in [-0.3, -0.25) is 4.79 Å². The van der Waals surface area contributed by atoms with Crippen LogP contribution < -0.4 is 0 Å². The van der Waals surface area contributed by atoms with Gasteiger partial charge in [0.15, 0.2) is 0 Å². The molecule has 0 spiro atoms. The summed E-state index contributed by atoms with van der Waals surface area (Å²) < 4.78 is 4.89. The Hall–Kier alpha value is -0.730. The molecule has 1 aromatic carbocycles. The van der Waals surface area contributed by atoms with Crippen molar-refractivity contribution >= 4 is 29.2 Å². The Bertz CT molecular complexity index is 357. The zero-order chi connectivity index (χ0) is 12.1. The largest absolute Gasteiger partial charge is 0.466 e. The summed E-state index contributed by atoms with van der Waals surface area (Å²) in [4.78, 5) is 11.3. The first kappa shape index (κ1) is 13.3. The minimum Gasteiger partial charge on any atom is -0.466 e. The average Bonchev–Trinajstić information content (AvgIpc) is 2.17. The first-order chi connectivity index (χ1) is 7.56. The lowest BCUT2D eigenvalue weighted by atomic mass is 9.98. The Morgan fingerprint density at radius 2 is 1.94 bits per heavy atom. The number of benzene rings is 1. The van der Waals surface area contributed by atoms with Crippen molar-refractivity contribution in [2.24, 2.45) is 0 Å². The number of carbonyl (C=O) groups excluding carboxylic acids is 1. The minimum absolute atomic E-state index is 0.0414. The highest BCUT2D eigenvalue weighted by Gasteiger charge is 2.17. The standard InChI is InChI=1S/C12H14Cl2O2/c1-3-16-11(15)7-8(2)12-9(13)5-4-6-10(12)14/h4-6,8H,3,7H2,1-2H3. The molecule has 0 aliphatic rings. The first-order valence-electron chi connectivity index (χ1n) is 5.15. The molecule has 1 aromatic rings. The van der Waals surface area contributed by atoms with Crippen LogP contribution in [0, 0.1) is 0 Å². The van der Waals surface area contributed by atoms with E-state index >= 15 is 0 Å². The Balaban J connectivity index is 2.80. The molecule has 0 aromatic heterocycles. The molecule has 88 valence electrons. The molecule has 0 aliphatic heterocycles. The van der Waals surface area contributed by atoms with Gasteiger partial charge in [-0.05, 0) is 30.5 Å². The predicted octanol–water partition coefficient (Wildman–Crippen LogP) is 4.05. The maximum Gasteiger partial charge on any atom is 0.306 e. The molecule has 0 saturated carbocycles. The summed E-state index contributed by atoms with van der Waals surface area (Å²) in [6.45, 7) is 4.08. The van der Waals surface area contributed by atoms with Crippen molar-refractivity contribution in [1.29, 1.82) is 0 Å². The van der Waals surface area contributed by atoms with Gasteiger partial charge in [-0.25, -0.2) is 0 Å². The summed E-state index contributed by atoms with van der Waals surface area (Å²) in [7, 11) is 0. The molecular weight excluding hydrogens is 247 g/mol. The van der Waals surface area contributed by atoms with Gasteiger partial charge in [0.1, 0.15) is 0 Å². The van der Waals surface area contributed by atoms with Crippen molar-refractivity contribution < 1.29 is 9.53 Å². The highest BCUT2D eigenvalue weighted by Crippen LogP contribution is 2.33. The molecule has 0 fully saturated rings. The molecule has 1 atom stereocenters. The van der Waals surface area contributed by atoms with Gasteiger partial charge in [-0.1, -0.05) is 36.2 Å². The zero-order valence-electron chi connectivity index (χ0n) is 9.30. The van der Waals surface area contributed by atoms with Crippen LogP contribution in [0.15, 0.2) is 18.2 Å². The van der Waals surface area contributed by atoms with Gasteiger partial charge in [0.05, 0.1) is 13.0 Å². The number of hydrogen-bond donors (Lipinski definition) is 0. The summed E-state index contributed by atoms with van der Waals surface area (Å²) in [5, 5.41) is 1.17. The van der Waals surface area contributed by atoms with Gasteiger partial charge in [-0.2, -0.15) is 0 Å². The minimum atomic E-state index is -0.231. The SMILES string of the molecule is CCOC(=O)CC(C)c1c(Cl)cccc1Cl. The van der Waals surface area contributed by atoms with Crippen molar-refractivity contribution in [2.75, 3.05) is 6.61 Å². The quantitative estimate of drug-likeness (QED) is 0.764. The van der Waals surface area contributed by atoms with Crippen LogP contribution in [-0.2, 0) is 9.53 Å². The zero-order valence-corrected chi connectivity index (χ0v) is 10.8. The first-order valence-corrected chi connectivity index (χ1v) is 5.91. The van der Waals surface area contributed by atoms with Crippen LogP contribution in [0.5, 0.6) is 0 Å². The molecule has 1 unspecified atom stereocenters. The van der Waals surface area contributed by atoms with Crippen LogP contribution in [0.3, 0.4) is 0 Å². The van der Waals surface area contributed by atoms with Gasteiger partial charge in [0, 0.05) is 10.0 Å². The van der Waals surface area contributed by atoms with E-state index in [-0.39, 0.29) is 18.3 Å². The molecular formula is C12H14Cl2O2. The van der Waals surface area contributed by atoms with E-state index in [0.29, 0.717) is 16.7 Å². The van der Waals surface area contributed by atoms with E-state index in [0.717, 1.165) is 5.56 Å². The second-order valence-corrected chi connectivity index (χ2v) is 4.36. The van der Waals surface area contributed by atoms with Gasteiger partial charge in [-0.15, -0.1) is 0 Å². The lowest BCUT2D eigenvalue weighted by Crippen LogP contribution is -2.09. The van der Waals surface area contributed by atoms with Crippen LogP contribution in [0.2, 0.25) is 10.0 Å². The second kappa shape index (κ2) is 6.12. The third-order valence-corrected chi connectivity index (χ3v) is 2.93. The highest BCUT2D eigenvalue weighted by atomic mass is 35.5. The molecule has 16 heavy (non-hydrogen) atoms. The van der Waals surface area contributed by atoms with Crippen LogP contribution in [-0.4, -0.2) is 12.6 Å². The summed E-state index contributed by atoms with van der Waals surface area (Å²) in [6, 6.07) is 5.32. The van der Waals surface area contributed by atoms with Gasteiger partial charge in [0.25, 0.3) is 0 Å². The van der Waals surface area contributed by atoms with Crippen molar-refractivity contribution in [3.05, 3.63) is 33.8 Å². The van der Waals surface area contributed by atoms with Crippen LogP contribution in [0.25, 0.3) is 0 Å². The predicted molar refractivity (Wildman–Crippen MR) is 66.1 cm³/mol. The van der Waals surface area contributed by atoms with Gasteiger partial charge in [0.2, 0.25) is 0 Å². The lowest BCUT2D eigenvalue weighted by Gasteiger charge is -2.14. The van der Waals surface area contributed by atoms with Crippen LogP contribution in [0.1, 0.15) is 31.7 Å². The molecule has 4 heteroatoms. The summed E-state index contributed by atoms with van der Waals surface area (Å²) in [5.74, 6) is -0.272. The number of esters is 1. The fourth-order valence-electron chi connectivity index (χ4n) is 1.55. The van der Waals surface area contributed by atoms with E-state index in [9.17, 15) is 4.79 Å². The topological polar surface area (TPSA) is 26.3 Å². The maximum atomic E-state index is 11.3. The average molecular weight is 261 g/mol. The third kappa shape index (κ3) is 3.39. The Kier molecular flexibility index (Phi) is 5.10. The van der Waals surface area contributed by atoms with Crippen molar-refractivity contribution in [3.8, 4) is 0 Å². The van der Waals surface area contributed by atoms with E-state index < -0.39 is 0 Å². The molecule has 0 N–H and O–H groups in total. The fourth-order valence-corrected chi connectivity index (χ4v) is 2.32. The Labute approximate surface area is 106 Å². The fraction of sp³-hybridized carbons (Fsp3) is 0.417. The normalized spacial score (nSPS) is 12.2. The van der Waals surface area contributed by atoms with Gasteiger partial charge < -0.3 is 4.74 Å². The number of carbonyl (C=O) groups is 1. The number of hydrogen-bond acceptors (Lipinski definition) is 2. The van der Waals surface area contributed by atoms with Crippen molar-refractivity contribution in [1.82, 2.24) is 0 Å². The van der Waals surface area contributed by atoms with Gasteiger partial charge >= 0.3 is 5.97 Å². The van der Waals surface area contributed by atoms with E-state index in [4.69, 9.17) is 27.9 Å². The van der Waals surface area contributed by atoms with Crippen LogP contribution >= 0.6 is 23.2 Å². The molecule has 0 bridgehead atoms. The Morgan fingerprint density at radius 3 is 2.44 bits per heavy atom. The molecule has 0 radical (unpaired) electrons. The maximum absolute atomic E-state index is 11.3. The molecule has 0 saturated heterocycles. The summed E-state index contributed by atoms with van der Waals surface area (Å²) >= 11 is 12.1. The summed E-state index contributed by atoms with van der Waals surface area (Å²) in [5.41, 5.74) is 0.805. The van der Waals surface area contributed by atoms with E-state index in [1.807, 2.05) is 6.92 Å². The van der Waals surface area contributed by atoms with Crippen molar-refractivity contribution in [2.45, 2.75) is 26.2 Å². The smallest absolute Gasteiger partial charge is 0.306 e. The molecule has 0 heterocycles. The number of halogens is 2. The molecule has 0 amide bonds. The number of rotatable bonds is 4. The third-order valence-electron chi connectivity index (χ3n) is 2.27. The molecule has 1 rings (SSSR count). The van der Waals surface area contributed by atoms with Crippen LogP contribution in [0.4, 0.5) is 0 Å². The lowest BCUT2D eigenvalue weighted by molar-refractivity contribution is -0.143. The molecule has 2 nitrogen and oxygen atoms in total. The van der Waals surface area contributed by atoms with E-state index in [2.05, 4.69) is 0 Å². The van der Waals surface area contributed by atoms with E-state index in [1.54, 1.807) is 25.1 Å². The number of ether oxygens (including phenoxy) is 1. The molecule has 0 aliphatic carbocycles. The summed E-state index contributed by atoms with van der Waals surface area (Å²) in [6.07, 6.45) is 0.289. The van der Waals surface area contributed by atoms with Crippen molar-refractivity contribution in [3.63, 3.8) is 0 Å².